The third-order valence-corrected chi connectivity index (χ3v) is 6.33. The summed E-state index contributed by atoms with van der Waals surface area (Å²) in [5.74, 6) is 2.53. The van der Waals surface area contributed by atoms with Crippen molar-refractivity contribution in [1.29, 1.82) is 0 Å². The summed E-state index contributed by atoms with van der Waals surface area (Å²) in [6.07, 6.45) is 0.915. The zero-order valence-electron chi connectivity index (χ0n) is 14.8. The maximum atomic E-state index is 12.5. The summed E-state index contributed by atoms with van der Waals surface area (Å²) in [4.78, 5) is 14.4. The normalized spacial score (nSPS) is 18.9. The molecule has 2 aliphatic heterocycles. The number of fused-ring (bicyclic) bond motifs is 1. The molecule has 1 fully saturated rings. The van der Waals surface area contributed by atoms with Crippen LogP contribution >= 0.6 is 23.4 Å². The number of nitrogens with zero attached hydrogens (tertiary/aromatic N) is 1. The van der Waals surface area contributed by atoms with E-state index in [0.29, 0.717) is 16.8 Å². The van der Waals surface area contributed by atoms with E-state index in [4.69, 9.17) is 21.1 Å². The Kier molecular flexibility index (Phi) is 5.64. The Bertz CT molecular complexity index is 815. The van der Waals surface area contributed by atoms with Crippen LogP contribution in [0, 0.1) is 0 Å². The molecular formula is C20H21ClN2O3S. The number of halogens is 1. The molecular weight excluding hydrogens is 384 g/mol. The van der Waals surface area contributed by atoms with Gasteiger partial charge in [-0.15, -0.1) is 0 Å². The van der Waals surface area contributed by atoms with Gasteiger partial charge in [-0.3, -0.25) is 0 Å². The Hall–Kier alpha value is -2.05. The quantitative estimate of drug-likeness (QED) is 0.820. The molecule has 1 N–H and O–H groups in total. The van der Waals surface area contributed by atoms with Gasteiger partial charge in [-0.05, 0) is 41.8 Å². The van der Waals surface area contributed by atoms with E-state index in [1.54, 1.807) is 0 Å². The molecule has 1 saturated heterocycles. The van der Waals surface area contributed by atoms with Crippen molar-refractivity contribution < 1.29 is 14.3 Å². The topological polar surface area (TPSA) is 50.8 Å². The molecule has 1 unspecified atom stereocenters. The molecule has 7 heteroatoms. The van der Waals surface area contributed by atoms with Crippen LogP contribution in [0.25, 0.3) is 0 Å². The zero-order chi connectivity index (χ0) is 18.6. The maximum absolute atomic E-state index is 12.5. The number of urea groups is 1. The van der Waals surface area contributed by atoms with Gasteiger partial charge in [-0.25, -0.2) is 4.79 Å². The summed E-state index contributed by atoms with van der Waals surface area (Å²) in [5.41, 5.74) is 2.27. The fourth-order valence-electron chi connectivity index (χ4n) is 3.24. The van der Waals surface area contributed by atoms with Crippen molar-refractivity contribution in [3.63, 3.8) is 0 Å². The van der Waals surface area contributed by atoms with Gasteiger partial charge >= 0.3 is 6.03 Å². The van der Waals surface area contributed by atoms with Crippen molar-refractivity contribution in [2.24, 2.45) is 0 Å². The number of nitrogens with one attached hydrogen (secondary N) is 1. The molecule has 0 aliphatic carbocycles. The van der Waals surface area contributed by atoms with E-state index in [9.17, 15) is 4.79 Å². The van der Waals surface area contributed by atoms with Gasteiger partial charge in [0.05, 0.1) is 0 Å². The first-order valence-electron chi connectivity index (χ1n) is 8.97. The molecule has 0 saturated carbocycles. The summed E-state index contributed by atoms with van der Waals surface area (Å²) < 4.78 is 10.9. The Balaban J connectivity index is 1.32. The fourth-order valence-corrected chi connectivity index (χ4v) is 4.59. The van der Waals surface area contributed by atoms with Crippen molar-refractivity contribution in [2.75, 3.05) is 25.6 Å². The molecule has 2 aromatic rings. The van der Waals surface area contributed by atoms with E-state index in [2.05, 4.69) is 17.4 Å². The van der Waals surface area contributed by atoms with Gasteiger partial charge in [0, 0.05) is 35.7 Å². The number of rotatable bonds is 3. The maximum Gasteiger partial charge on any atom is 0.317 e. The lowest BCUT2D eigenvalue weighted by molar-refractivity contribution is 0.174. The van der Waals surface area contributed by atoms with Gasteiger partial charge in [-0.2, -0.15) is 11.8 Å². The van der Waals surface area contributed by atoms with E-state index in [-0.39, 0.29) is 12.8 Å². The van der Waals surface area contributed by atoms with E-state index in [0.717, 1.165) is 42.3 Å². The highest BCUT2D eigenvalue weighted by atomic mass is 35.5. The third kappa shape index (κ3) is 4.45. The molecule has 5 nitrogen and oxygen atoms in total. The Morgan fingerprint density at radius 2 is 1.96 bits per heavy atom. The minimum absolute atomic E-state index is 0.0168. The first-order chi connectivity index (χ1) is 13.2. The van der Waals surface area contributed by atoms with Crippen molar-refractivity contribution >= 4 is 29.4 Å². The van der Waals surface area contributed by atoms with Crippen LogP contribution in [0.4, 0.5) is 4.79 Å². The third-order valence-electron chi connectivity index (χ3n) is 4.75. The number of carbonyl (C=O) groups is 1. The Morgan fingerprint density at radius 1 is 1.15 bits per heavy atom. The van der Waals surface area contributed by atoms with Crippen molar-refractivity contribution in [2.45, 2.75) is 18.2 Å². The number of ether oxygens (including phenoxy) is 2. The largest absolute Gasteiger partial charge is 0.454 e. The standard InChI is InChI=1S/C20H21ClN2O3S/c21-16-4-1-14(2-5-16)12-22-20(24)23-8-7-19(27-10-9-23)15-3-6-17-18(11-15)26-13-25-17/h1-6,11,19H,7-10,12-13H2,(H,22,24). The van der Waals surface area contributed by atoms with E-state index < -0.39 is 0 Å². The van der Waals surface area contributed by atoms with Crippen LogP contribution in [0.5, 0.6) is 11.5 Å². The van der Waals surface area contributed by atoms with Gasteiger partial charge in [0.1, 0.15) is 0 Å². The number of carbonyl (C=O) groups excluding carboxylic acids is 1. The lowest BCUT2D eigenvalue weighted by Crippen LogP contribution is -2.40. The first kappa shape index (κ1) is 18.3. The number of hydrogen-bond acceptors (Lipinski definition) is 4. The molecule has 0 spiro atoms. The summed E-state index contributed by atoms with van der Waals surface area (Å²) in [7, 11) is 0. The molecule has 4 rings (SSSR count). The molecule has 27 heavy (non-hydrogen) atoms. The van der Waals surface area contributed by atoms with Gasteiger partial charge in [0.25, 0.3) is 0 Å². The second kappa shape index (κ2) is 8.31. The van der Waals surface area contributed by atoms with E-state index in [1.165, 1.54) is 5.56 Å². The minimum Gasteiger partial charge on any atom is -0.454 e. The molecule has 142 valence electrons. The highest BCUT2D eigenvalue weighted by Gasteiger charge is 2.23. The van der Waals surface area contributed by atoms with Gasteiger partial charge < -0.3 is 19.7 Å². The van der Waals surface area contributed by atoms with Crippen LogP contribution in [0.2, 0.25) is 5.02 Å². The van der Waals surface area contributed by atoms with Crippen LogP contribution in [0.1, 0.15) is 22.8 Å². The predicted molar refractivity (Wildman–Crippen MR) is 108 cm³/mol. The molecule has 1 atom stereocenters. The monoisotopic (exact) mass is 404 g/mol. The molecule has 2 heterocycles. The van der Waals surface area contributed by atoms with Crippen molar-refractivity contribution in [3.05, 3.63) is 58.6 Å². The second-order valence-corrected chi connectivity index (χ2v) is 8.28. The molecule has 2 aliphatic rings. The highest BCUT2D eigenvalue weighted by Crippen LogP contribution is 2.40. The zero-order valence-corrected chi connectivity index (χ0v) is 16.4. The van der Waals surface area contributed by atoms with Crippen molar-refractivity contribution in [3.8, 4) is 11.5 Å². The smallest absolute Gasteiger partial charge is 0.317 e. The number of benzene rings is 2. The summed E-state index contributed by atoms with van der Waals surface area (Å²) in [5, 5.41) is 4.06. The molecule has 0 aromatic heterocycles. The fraction of sp³-hybridized carbons (Fsp3) is 0.350. The molecule has 0 bridgehead atoms. The first-order valence-corrected chi connectivity index (χ1v) is 10.4. The van der Waals surface area contributed by atoms with Crippen LogP contribution in [-0.4, -0.2) is 36.6 Å². The highest BCUT2D eigenvalue weighted by molar-refractivity contribution is 7.99. The summed E-state index contributed by atoms with van der Waals surface area (Å²) in [6, 6.07) is 13.6. The minimum atomic E-state index is -0.0168. The van der Waals surface area contributed by atoms with Crippen LogP contribution in [0.3, 0.4) is 0 Å². The average molecular weight is 405 g/mol. The van der Waals surface area contributed by atoms with Crippen molar-refractivity contribution in [1.82, 2.24) is 10.2 Å². The van der Waals surface area contributed by atoms with Crippen LogP contribution in [-0.2, 0) is 6.54 Å². The van der Waals surface area contributed by atoms with Crippen LogP contribution in [0.15, 0.2) is 42.5 Å². The summed E-state index contributed by atoms with van der Waals surface area (Å²) >= 11 is 7.78. The lowest BCUT2D eigenvalue weighted by Gasteiger charge is -2.21. The number of amides is 2. The van der Waals surface area contributed by atoms with Gasteiger partial charge in [0.15, 0.2) is 11.5 Å². The van der Waals surface area contributed by atoms with Crippen LogP contribution < -0.4 is 14.8 Å². The predicted octanol–water partition coefficient (Wildman–Crippen LogP) is 4.46. The van der Waals surface area contributed by atoms with Gasteiger partial charge in [-0.1, -0.05) is 29.8 Å². The molecule has 2 amide bonds. The number of thioether (sulfide) groups is 1. The van der Waals surface area contributed by atoms with E-state index in [1.807, 2.05) is 47.0 Å². The Morgan fingerprint density at radius 3 is 2.81 bits per heavy atom. The number of hydrogen-bond donors (Lipinski definition) is 1. The van der Waals surface area contributed by atoms with E-state index >= 15 is 0 Å². The summed E-state index contributed by atoms with van der Waals surface area (Å²) in [6.45, 7) is 2.28. The van der Waals surface area contributed by atoms with Gasteiger partial charge in [0.2, 0.25) is 6.79 Å². The SMILES string of the molecule is O=C(NCc1ccc(Cl)cc1)N1CCSC(c2ccc3c(c2)OCO3)CC1. The Labute approximate surface area is 168 Å². The molecule has 2 aromatic carbocycles. The average Bonchev–Trinajstić information content (AvgIpc) is 3.02. The second-order valence-electron chi connectivity index (χ2n) is 6.53. The lowest BCUT2D eigenvalue weighted by atomic mass is 10.1. The molecule has 0 radical (unpaired) electrons.